The smallest absolute Gasteiger partial charge is 0.329 e. The molecule has 0 saturated carbocycles. The Morgan fingerprint density at radius 3 is 1.94 bits per heavy atom. The average Bonchev–Trinajstić information content (AvgIpc) is 3.18. The van der Waals surface area contributed by atoms with Crippen LogP contribution < -0.4 is 10.3 Å². The molecule has 0 N–H and O–H groups in total. The highest BCUT2D eigenvalue weighted by atomic mass is 16.3. The number of rotatable bonds is 3. The fourth-order valence-electron chi connectivity index (χ4n) is 5.39. The van der Waals surface area contributed by atoms with E-state index in [1.54, 1.807) is 29.2 Å². The molecule has 0 aliphatic carbocycles. The number of anilines is 2. The Labute approximate surface area is 208 Å². The zero-order chi connectivity index (χ0) is 24.6. The van der Waals surface area contributed by atoms with Crippen LogP contribution in [0, 0.1) is 0 Å². The largest absolute Gasteiger partial charge is 0.451 e. The molecule has 2 aliphatic heterocycles. The number of amides is 3. The van der Waals surface area contributed by atoms with E-state index in [1.807, 2.05) is 70.5 Å². The van der Waals surface area contributed by atoms with Crippen LogP contribution in [0.3, 0.4) is 0 Å². The molecule has 7 nitrogen and oxygen atoms in total. The van der Waals surface area contributed by atoms with Crippen LogP contribution in [0.5, 0.6) is 0 Å². The standard InChI is InChI=1S/C29H25N3O4/c33-25-17-27(36-26-14-8-7-13-24(25)26)28(34)31-22-15-16-23(31)19-30(18-22)29(35)32(20-9-3-1-4-10-20)21-11-5-2-6-12-21/h1-14,17,22-23H,15-16,18-19H2. The topological polar surface area (TPSA) is 74.1 Å². The van der Waals surface area contributed by atoms with Gasteiger partial charge in [0.15, 0.2) is 11.2 Å². The maximum absolute atomic E-state index is 13.8. The molecule has 1 aromatic heterocycles. The van der Waals surface area contributed by atoms with Gasteiger partial charge in [-0.15, -0.1) is 0 Å². The van der Waals surface area contributed by atoms with Gasteiger partial charge < -0.3 is 14.2 Å². The van der Waals surface area contributed by atoms with Gasteiger partial charge in [-0.25, -0.2) is 4.79 Å². The first-order chi connectivity index (χ1) is 17.6. The van der Waals surface area contributed by atoms with Crippen molar-refractivity contribution >= 4 is 34.3 Å². The number of hydrogen-bond donors (Lipinski definition) is 0. The number of urea groups is 1. The molecule has 180 valence electrons. The first-order valence-electron chi connectivity index (χ1n) is 12.1. The number of likely N-dealkylation sites (tertiary alicyclic amines) is 1. The van der Waals surface area contributed by atoms with E-state index in [4.69, 9.17) is 4.42 Å². The molecule has 2 atom stereocenters. The third-order valence-corrected chi connectivity index (χ3v) is 7.05. The molecular formula is C29H25N3O4. The number of fused-ring (bicyclic) bond motifs is 3. The Morgan fingerprint density at radius 1 is 0.778 bits per heavy atom. The minimum atomic E-state index is -0.291. The molecule has 2 bridgehead atoms. The summed E-state index contributed by atoms with van der Waals surface area (Å²) < 4.78 is 5.83. The van der Waals surface area contributed by atoms with Crippen LogP contribution in [-0.4, -0.2) is 46.9 Å². The van der Waals surface area contributed by atoms with Crippen molar-refractivity contribution in [2.24, 2.45) is 0 Å². The maximum Gasteiger partial charge on any atom is 0.329 e. The van der Waals surface area contributed by atoms with Gasteiger partial charge in [0, 0.05) is 19.2 Å². The second kappa shape index (κ2) is 9.00. The lowest BCUT2D eigenvalue weighted by Gasteiger charge is -2.42. The molecule has 6 rings (SSSR count). The molecule has 3 heterocycles. The second-order valence-corrected chi connectivity index (χ2v) is 9.26. The molecule has 3 aromatic carbocycles. The van der Waals surface area contributed by atoms with E-state index in [-0.39, 0.29) is 35.2 Å². The summed E-state index contributed by atoms with van der Waals surface area (Å²) in [5.74, 6) is -0.244. The van der Waals surface area contributed by atoms with Gasteiger partial charge in [0.05, 0.1) is 28.8 Å². The summed E-state index contributed by atoms with van der Waals surface area (Å²) in [6, 6.07) is 27.0. The van der Waals surface area contributed by atoms with Crippen LogP contribution in [0.25, 0.3) is 11.0 Å². The quantitative estimate of drug-likeness (QED) is 0.413. The first kappa shape index (κ1) is 22.1. The predicted octanol–water partition coefficient (Wildman–Crippen LogP) is 5.04. The highest BCUT2D eigenvalue weighted by Gasteiger charge is 2.45. The first-order valence-corrected chi connectivity index (χ1v) is 12.1. The summed E-state index contributed by atoms with van der Waals surface area (Å²) in [5.41, 5.74) is 1.74. The van der Waals surface area contributed by atoms with Gasteiger partial charge in [-0.05, 0) is 49.2 Å². The van der Waals surface area contributed by atoms with Crippen molar-refractivity contribution in [2.75, 3.05) is 18.0 Å². The molecule has 36 heavy (non-hydrogen) atoms. The van der Waals surface area contributed by atoms with E-state index >= 15 is 0 Å². The maximum atomic E-state index is 13.8. The van der Waals surface area contributed by atoms with Crippen molar-refractivity contribution < 1.29 is 14.0 Å². The lowest BCUT2D eigenvalue weighted by molar-refractivity contribution is 0.0460. The zero-order valence-electron chi connectivity index (χ0n) is 19.6. The van der Waals surface area contributed by atoms with E-state index in [1.165, 1.54) is 6.07 Å². The molecule has 2 saturated heterocycles. The number of hydrogen-bond acceptors (Lipinski definition) is 4. The van der Waals surface area contributed by atoms with Gasteiger partial charge in [-0.3, -0.25) is 14.5 Å². The van der Waals surface area contributed by atoms with Crippen LogP contribution in [0.4, 0.5) is 16.2 Å². The number of carbonyl (C=O) groups is 2. The van der Waals surface area contributed by atoms with Gasteiger partial charge in [-0.2, -0.15) is 0 Å². The third-order valence-electron chi connectivity index (χ3n) is 7.05. The zero-order valence-corrected chi connectivity index (χ0v) is 19.6. The normalized spacial score (nSPS) is 18.9. The summed E-state index contributed by atoms with van der Waals surface area (Å²) in [7, 11) is 0. The molecule has 2 aliphatic rings. The number of nitrogens with zero attached hydrogens (tertiary/aromatic N) is 3. The highest BCUT2D eigenvalue weighted by molar-refractivity contribution is 6.00. The minimum absolute atomic E-state index is 0.0468. The van der Waals surface area contributed by atoms with Gasteiger partial charge >= 0.3 is 6.03 Å². The van der Waals surface area contributed by atoms with Crippen LogP contribution >= 0.6 is 0 Å². The Balaban J connectivity index is 1.27. The molecular weight excluding hydrogens is 454 g/mol. The van der Waals surface area contributed by atoms with Gasteiger partial charge in [0.1, 0.15) is 5.58 Å². The fraction of sp³-hybridized carbons (Fsp3) is 0.207. The second-order valence-electron chi connectivity index (χ2n) is 9.26. The third kappa shape index (κ3) is 3.82. The monoisotopic (exact) mass is 479 g/mol. The lowest BCUT2D eigenvalue weighted by Crippen LogP contribution is -2.59. The van der Waals surface area contributed by atoms with E-state index < -0.39 is 0 Å². The summed E-state index contributed by atoms with van der Waals surface area (Å²) in [4.78, 5) is 45.3. The summed E-state index contributed by atoms with van der Waals surface area (Å²) in [6.45, 7) is 0.851. The van der Waals surface area contributed by atoms with Crippen molar-refractivity contribution in [3.8, 4) is 0 Å². The molecule has 2 fully saturated rings. The summed E-state index contributed by atoms with van der Waals surface area (Å²) in [5, 5.41) is 0.453. The predicted molar refractivity (Wildman–Crippen MR) is 137 cm³/mol. The van der Waals surface area contributed by atoms with E-state index in [2.05, 4.69) is 0 Å². The lowest BCUT2D eigenvalue weighted by atomic mass is 10.1. The van der Waals surface area contributed by atoms with Crippen LogP contribution in [0.1, 0.15) is 23.4 Å². The van der Waals surface area contributed by atoms with Gasteiger partial charge in [0.2, 0.25) is 0 Å². The summed E-state index contributed by atoms with van der Waals surface area (Å²) in [6.07, 6.45) is 1.60. The number of benzene rings is 3. The van der Waals surface area contributed by atoms with Crippen LogP contribution in [0.2, 0.25) is 0 Å². The van der Waals surface area contributed by atoms with Crippen molar-refractivity contribution in [3.05, 3.63) is 107 Å². The Morgan fingerprint density at radius 2 is 1.33 bits per heavy atom. The van der Waals surface area contributed by atoms with E-state index in [9.17, 15) is 14.4 Å². The summed E-state index contributed by atoms with van der Waals surface area (Å²) >= 11 is 0. The SMILES string of the molecule is O=C(N1CC2CCC(C1)N2C(=O)c1cc(=O)c2ccccc2o1)N(c1ccccc1)c1ccccc1. The van der Waals surface area contributed by atoms with Gasteiger partial charge in [-0.1, -0.05) is 48.5 Å². The minimum Gasteiger partial charge on any atom is -0.451 e. The van der Waals surface area contributed by atoms with Crippen molar-refractivity contribution in [1.29, 1.82) is 0 Å². The van der Waals surface area contributed by atoms with Crippen molar-refractivity contribution in [1.82, 2.24) is 9.80 Å². The molecule has 7 heteroatoms. The molecule has 4 aromatic rings. The molecule has 2 unspecified atom stereocenters. The Kier molecular flexibility index (Phi) is 5.52. The number of piperazine rings is 1. The van der Waals surface area contributed by atoms with Gasteiger partial charge in [0.25, 0.3) is 5.91 Å². The van der Waals surface area contributed by atoms with Crippen molar-refractivity contribution in [2.45, 2.75) is 24.9 Å². The van der Waals surface area contributed by atoms with E-state index in [0.29, 0.717) is 24.1 Å². The van der Waals surface area contributed by atoms with E-state index in [0.717, 1.165) is 24.2 Å². The number of carbonyl (C=O) groups excluding carboxylic acids is 2. The van der Waals surface area contributed by atoms with Crippen molar-refractivity contribution in [3.63, 3.8) is 0 Å². The average molecular weight is 480 g/mol. The molecule has 0 spiro atoms. The Hall–Kier alpha value is -4.39. The van der Waals surface area contributed by atoms with Crippen LogP contribution in [-0.2, 0) is 0 Å². The molecule has 3 amide bonds. The Bertz CT molecular complexity index is 1430. The van der Waals surface area contributed by atoms with Crippen LogP contribution in [0.15, 0.2) is 100 Å². The molecule has 0 radical (unpaired) electrons. The fourth-order valence-corrected chi connectivity index (χ4v) is 5.39. The number of para-hydroxylation sites is 3. The highest BCUT2D eigenvalue weighted by Crippen LogP contribution is 2.34.